The molecule has 1 heteroatoms. The third kappa shape index (κ3) is 2.55. The lowest BCUT2D eigenvalue weighted by molar-refractivity contribution is 0.0309. The molecule has 0 aromatic heterocycles. The van der Waals surface area contributed by atoms with Gasteiger partial charge in [-0.05, 0) is 18.4 Å². The predicted octanol–water partition coefficient (Wildman–Crippen LogP) is 1.74. The molecule has 1 rings (SSSR count). The lowest BCUT2D eigenvalue weighted by Gasteiger charge is -2.45. The number of hydrogen-bond donors (Lipinski definition) is 0. The molecular weight excluding hydrogens is 134 g/mol. The van der Waals surface area contributed by atoms with Crippen molar-refractivity contribution in [1.29, 1.82) is 0 Å². The summed E-state index contributed by atoms with van der Waals surface area (Å²) in [6.45, 7) is 8.30. The van der Waals surface area contributed by atoms with Crippen LogP contribution in [-0.4, -0.2) is 24.5 Å². The molecular formula is C10H17N. The van der Waals surface area contributed by atoms with Gasteiger partial charge in [0.25, 0.3) is 0 Å². The van der Waals surface area contributed by atoms with E-state index in [1.165, 1.54) is 19.6 Å². The third-order valence-corrected chi connectivity index (χ3v) is 2.10. The molecule has 0 spiro atoms. The van der Waals surface area contributed by atoms with Crippen molar-refractivity contribution in [2.24, 2.45) is 5.41 Å². The Morgan fingerprint density at radius 3 is 2.55 bits per heavy atom. The quantitative estimate of drug-likeness (QED) is 0.438. The maximum Gasteiger partial charge on any atom is 0.00982 e. The van der Waals surface area contributed by atoms with Gasteiger partial charge in [0.05, 0.1) is 0 Å². The molecule has 1 heterocycles. The van der Waals surface area contributed by atoms with Gasteiger partial charge in [0.1, 0.15) is 0 Å². The van der Waals surface area contributed by atoms with Crippen LogP contribution in [0.2, 0.25) is 0 Å². The van der Waals surface area contributed by atoms with Crippen LogP contribution in [0.5, 0.6) is 0 Å². The van der Waals surface area contributed by atoms with Crippen LogP contribution in [0.25, 0.3) is 0 Å². The van der Waals surface area contributed by atoms with E-state index in [1.54, 1.807) is 0 Å². The van der Waals surface area contributed by atoms with Gasteiger partial charge in [-0.15, -0.1) is 12.3 Å². The lowest BCUT2D eigenvalue weighted by atomic mass is 9.84. The van der Waals surface area contributed by atoms with Gasteiger partial charge in [0.2, 0.25) is 0 Å². The van der Waals surface area contributed by atoms with Crippen molar-refractivity contribution in [2.45, 2.75) is 26.7 Å². The Balaban J connectivity index is 2.01. The van der Waals surface area contributed by atoms with E-state index in [4.69, 9.17) is 6.42 Å². The minimum absolute atomic E-state index is 0.566. The van der Waals surface area contributed by atoms with E-state index in [9.17, 15) is 0 Å². The Labute approximate surface area is 69.8 Å². The van der Waals surface area contributed by atoms with Crippen LogP contribution < -0.4 is 0 Å². The van der Waals surface area contributed by atoms with Crippen LogP contribution in [0, 0.1) is 17.8 Å². The molecule has 62 valence electrons. The second kappa shape index (κ2) is 3.28. The highest BCUT2D eigenvalue weighted by Crippen LogP contribution is 2.28. The topological polar surface area (TPSA) is 3.24 Å². The Kier molecular flexibility index (Phi) is 2.57. The second-order valence-corrected chi connectivity index (χ2v) is 4.18. The molecule has 0 radical (unpaired) electrons. The first-order valence-electron chi connectivity index (χ1n) is 4.30. The summed E-state index contributed by atoms with van der Waals surface area (Å²) in [5.74, 6) is 2.67. The number of terminal acetylenes is 1. The van der Waals surface area contributed by atoms with Gasteiger partial charge >= 0.3 is 0 Å². The summed E-state index contributed by atoms with van der Waals surface area (Å²) >= 11 is 0. The summed E-state index contributed by atoms with van der Waals surface area (Å²) in [6, 6.07) is 0. The van der Waals surface area contributed by atoms with Gasteiger partial charge in [-0.2, -0.15) is 0 Å². The SMILES string of the molecule is C#CCCCN1CC(C)(C)C1. The molecule has 0 saturated carbocycles. The van der Waals surface area contributed by atoms with E-state index in [0.717, 1.165) is 12.8 Å². The number of rotatable bonds is 3. The largest absolute Gasteiger partial charge is 0.302 e. The average molecular weight is 151 g/mol. The average Bonchev–Trinajstić information content (AvgIpc) is 1.84. The first kappa shape index (κ1) is 8.62. The fourth-order valence-electron chi connectivity index (χ4n) is 1.73. The van der Waals surface area contributed by atoms with Crippen LogP contribution in [-0.2, 0) is 0 Å². The monoisotopic (exact) mass is 151 g/mol. The second-order valence-electron chi connectivity index (χ2n) is 4.18. The summed E-state index contributed by atoms with van der Waals surface area (Å²) < 4.78 is 0. The highest BCUT2D eigenvalue weighted by atomic mass is 15.2. The molecule has 0 amide bonds. The van der Waals surface area contributed by atoms with Crippen molar-refractivity contribution in [2.75, 3.05) is 19.6 Å². The van der Waals surface area contributed by atoms with Gasteiger partial charge in [0.15, 0.2) is 0 Å². The number of hydrogen-bond acceptors (Lipinski definition) is 1. The minimum Gasteiger partial charge on any atom is -0.302 e. The standard InChI is InChI=1S/C10H17N/c1-4-5-6-7-11-8-10(2,3)9-11/h1H,5-9H2,2-3H3. The molecule has 0 aliphatic carbocycles. The van der Waals surface area contributed by atoms with Gasteiger partial charge in [-0.3, -0.25) is 0 Å². The maximum absolute atomic E-state index is 5.16. The Hall–Kier alpha value is -0.480. The zero-order valence-corrected chi connectivity index (χ0v) is 7.56. The third-order valence-electron chi connectivity index (χ3n) is 2.10. The summed E-state index contributed by atoms with van der Waals surface area (Å²) in [5.41, 5.74) is 0.566. The molecule has 0 bridgehead atoms. The van der Waals surface area contributed by atoms with Crippen LogP contribution in [0.15, 0.2) is 0 Å². The summed E-state index contributed by atoms with van der Waals surface area (Å²) in [6.07, 6.45) is 7.25. The van der Waals surface area contributed by atoms with E-state index in [0.29, 0.717) is 5.41 Å². The molecule has 1 nitrogen and oxygen atoms in total. The number of unbranched alkanes of at least 4 members (excludes halogenated alkanes) is 1. The van der Waals surface area contributed by atoms with Gasteiger partial charge in [-0.1, -0.05) is 13.8 Å². The molecule has 1 aliphatic rings. The van der Waals surface area contributed by atoms with Crippen molar-refractivity contribution < 1.29 is 0 Å². The smallest absolute Gasteiger partial charge is 0.00982 e. The van der Waals surface area contributed by atoms with Crippen LogP contribution in [0.1, 0.15) is 26.7 Å². The predicted molar refractivity (Wildman–Crippen MR) is 48.3 cm³/mol. The highest BCUT2D eigenvalue weighted by Gasteiger charge is 2.32. The molecule has 1 aliphatic heterocycles. The van der Waals surface area contributed by atoms with Gasteiger partial charge in [0, 0.05) is 19.5 Å². The van der Waals surface area contributed by atoms with Crippen molar-refractivity contribution in [1.82, 2.24) is 4.90 Å². The van der Waals surface area contributed by atoms with Crippen LogP contribution in [0.3, 0.4) is 0 Å². The number of likely N-dealkylation sites (tertiary alicyclic amines) is 1. The van der Waals surface area contributed by atoms with Crippen molar-refractivity contribution in [3.63, 3.8) is 0 Å². The number of nitrogens with zero attached hydrogens (tertiary/aromatic N) is 1. The van der Waals surface area contributed by atoms with Gasteiger partial charge in [-0.25, -0.2) is 0 Å². The minimum atomic E-state index is 0.566. The Morgan fingerprint density at radius 1 is 1.45 bits per heavy atom. The van der Waals surface area contributed by atoms with Crippen molar-refractivity contribution >= 4 is 0 Å². The van der Waals surface area contributed by atoms with Crippen molar-refractivity contribution in [3.8, 4) is 12.3 Å². The molecule has 0 unspecified atom stereocenters. The highest BCUT2D eigenvalue weighted by molar-refractivity contribution is 4.89. The zero-order valence-electron chi connectivity index (χ0n) is 7.56. The molecule has 11 heavy (non-hydrogen) atoms. The van der Waals surface area contributed by atoms with E-state index in [1.807, 2.05) is 0 Å². The fraction of sp³-hybridized carbons (Fsp3) is 0.800. The van der Waals surface area contributed by atoms with E-state index in [2.05, 4.69) is 24.7 Å². The molecule has 0 aromatic carbocycles. The van der Waals surface area contributed by atoms with Crippen LogP contribution >= 0.6 is 0 Å². The molecule has 1 fully saturated rings. The Bertz CT molecular complexity index is 156. The summed E-state index contributed by atoms with van der Waals surface area (Å²) in [5, 5.41) is 0. The first-order chi connectivity index (χ1) is 5.14. The molecule has 1 saturated heterocycles. The summed E-state index contributed by atoms with van der Waals surface area (Å²) in [7, 11) is 0. The summed E-state index contributed by atoms with van der Waals surface area (Å²) in [4.78, 5) is 2.47. The Morgan fingerprint density at radius 2 is 2.09 bits per heavy atom. The first-order valence-corrected chi connectivity index (χ1v) is 4.30. The molecule has 0 N–H and O–H groups in total. The maximum atomic E-state index is 5.16. The lowest BCUT2D eigenvalue weighted by Crippen LogP contribution is -2.52. The van der Waals surface area contributed by atoms with E-state index < -0.39 is 0 Å². The van der Waals surface area contributed by atoms with E-state index >= 15 is 0 Å². The van der Waals surface area contributed by atoms with Gasteiger partial charge < -0.3 is 4.90 Å². The molecule has 0 aromatic rings. The van der Waals surface area contributed by atoms with E-state index in [-0.39, 0.29) is 0 Å². The molecule has 0 atom stereocenters. The normalized spacial score (nSPS) is 22.3. The zero-order chi connectivity index (χ0) is 8.32. The fourth-order valence-corrected chi connectivity index (χ4v) is 1.73. The van der Waals surface area contributed by atoms with Crippen molar-refractivity contribution in [3.05, 3.63) is 0 Å². The van der Waals surface area contributed by atoms with Crippen LogP contribution in [0.4, 0.5) is 0 Å².